The summed E-state index contributed by atoms with van der Waals surface area (Å²) in [7, 11) is -3.49. The molecule has 1 aromatic carbocycles. The van der Waals surface area contributed by atoms with Gasteiger partial charge in [-0.3, -0.25) is 4.79 Å². The second-order valence-corrected chi connectivity index (χ2v) is 5.63. The van der Waals surface area contributed by atoms with Crippen LogP contribution in [0.25, 0.3) is 6.08 Å². The highest BCUT2D eigenvalue weighted by molar-refractivity contribution is 7.89. The molecular formula is C12H15FN2O3S. The van der Waals surface area contributed by atoms with E-state index in [4.69, 9.17) is 5.14 Å². The maximum absolute atomic E-state index is 12.6. The Labute approximate surface area is 111 Å². The standard InChI is InChI=1S/C12H15FN2O3S/c13-11-5-2-10(3-6-11)4-7-12(16)15-8-1-9-19(14,17)18/h2-7H,1,8-9H2,(H,15,16)(H2,14,17,18)/b7-4+. The van der Waals surface area contributed by atoms with E-state index in [-0.39, 0.29) is 30.4 Å². The Morgan fingerprint density at radius 3 is 2.53 bits per heavy atom. The minimum Gasteiger partial charge on any atom is -0.353 e. The van der Waals surface area contributed by atoms with E-state index in [1.165, 1.54) is 24.3 Å². The molecule has 0 aliphatic carbocycles. The van der Waals surface area contributed by atoms with Crippen molar-refractivity contribution in [3.05, 3.63) is 41.7 Å². The second-order valence-electron chi connectivity index (χ2n) is 3.90. The highest BCUT2D eigenvalue weighted by atomic mass is 32.2. The number of hydrogen-bond acceptors (Lipinski definition) is 3. The van der Waals surface area contributed by atoms with E-state index >= 15 is 0 Å². The van der Waals surface area contributed by atoms with Crippen molar-refractivity contribution in [1.29, 1.82) is 0 Å². The molecule has 0 saturated carbocycles. The van der Waals surface area contributed by atoms with Crippen molar-refractivity contribution in [3.8, 4) is 0 Å². The van der Waals surface area contributed by atoms with Gasteiger partial charge in [-0.05, 0) is 30.2 Å². The lowest BCUT2D eigenvalue weighted by Gasteiger charge is -2.01. The molecule has 5 nitrogen and oxygen atoms in total. The Morgan fingerprint density at radius 2 is 1.95 bits per heavy atom. The number of sulfonamides is 1. The molecule has 0 bridgehead atoms. The van der Waals surface area contributed by atoms with Gasteiger partial charge in [0, 0.05) is 12.6 Å². The Balaban J connectivity index is 2.33. The van der Waals surface area contributed by atoms with Gasteiger partial charge in [0.2, 0.25) is 15.9 Å². The zero-order valence-electron chi connectivity index (χ0n) is 10.2. The van der Waals surface area contributed by atoms with Gasteiger partial charge in [0.1, 0.15) is 5.82 Å². The van der Waals surface area contributed by atoms with Gasteiger partial charge in [0.15, 0.2) is 0 Å². The summed E-state index contributed by atoms with van der Waals surface area (Å²) in [6.45, 7) is 0.225. The van der Waals surface area contributed by atoms with E-state index in [0.29, 0.717) is 5.56 Å². The second kappa shape index (κ2) is 7.01. The van der Waals surface area contributed by atoms with Gasteiger partial charge < -0.3 is 5.32 Å². The predicted octanol–water partition coefficient (Wildman–Crippen LogP) is 0.634. The van der Waals surface area contributed by atoms with Gasteiger partial charge in [-0.15, -0.1) is 0 Å². The number of nitrogens with two attached hydrogens (primary N) is 1. The lowest BCUT2D eigenvalue weighted by atomic mass is 10.2. The lowest BCUT2D eigenvalue weighted by Crippen LogP contribution is -2.25. The molecule has 1 amide bonds. The van der Waals surface area contributed by atoms with Crippen molar-refractivity contribution in [2.24, 2.45) is 5.14 Å². The highest BCUT2D eigenvalue weighted by Gasteiger charge is 2.02. The Morgan fingerprint density at radius 1 is 1.32 bits per heavy atom. The molecule has 1 rings (SSSR count). The van der Waals surface area contributed by atoms with Crippen LogP contribution in [0.1, 0.15) is 12.0 Å². The van der Waals surface area contributed by atoms with Gasteiger partial charge in [-0.1, -0.05) is 12.1 Å². The van der Waals surface area contributed by atoms with Gasteiger partial charge >= 0.3 is 0 Å². The number of carbonyl (C=O) groups is 1. The van der Waals surface area contributed by atoms with Gasteiger partial charge in [0.05, 0.1) is 5.75 Å². The molecule has 104 valence electrons. The van der Waals surface area contributed by atoms with E-state index < -0.39 is 10.0 Å². The zero-order chi connectivity index (χ0) is 14.3. The number of halogens is 1. The molecule has 0 spiro atoms. The molecule has 0 aromatic heterocycles. The smallest absolute Gasteiger partial charge is 0.243 e. The maximum atomic E-state index is 12.6. The summed E-state index contributed by atoms with van der Waals surface area (Å²) in [5.74, 6) is -0.863. The van der Waals surface area contributed by atoms with Crippen molar-refractivity contribution in [2.45, 2.75) is 6.42 Å². The Hall–Kier alpha value is -1.73. The van der Waals surface area contributed by atoms with E-state index in [1.807, 2.05) is 0 Å². The average Bonchev–Trinajstić information content (AvgIpc) is 2.33. The van der Waals surface area contributed by atoms with Gasteiger partial charge in [0.25, 0.3) is 0 Å². The summed E-state index contributed by atoms with van der Waals surface area (Å²) >= 11 is 0. The van der Waals surface area contributed by atoms with Crippen LogP contribution >= 0.6 is 0 Å². The van der Waals surface area contributed by atoms with Crippen molar-refractivity contribution in [3.63, 3.8) is 0 Å². The van der Waals surface area contributed by atoms with Crippen LogP contribution in [0.4, 0.5) is 4.39 Å². The van der Waals surface area contributed by atoms with Crippen LogP contribution in [0.3, 0.4) is 0 Å². The van der Waals surface area contributed by atoms with E-state index in [9.17, 15) is 17.6 Å². The van der Waals surface area contributed by atoms with Crippen LogP contribution in [-0.4, -0.2) is 26.6 Å². The van der Waals surface area contributed by atoms with Crippen LogP contribution in [0.5, 0.6) is 0 Å². The molecule has 0 heterocycles. The Bertz CT molecular complexity index is 553. The SMILES string of the molecule is NS(=O)(=O)CCCNC(=O)/C=C/c1ccc(F)cc1. The summed E-state index contributed by atoms with van der Waals surface area (Å²) in [5, 5.41) is 7.33. The quantitative estimate of drug-likeness (QED) is 0.594. The van der Waals surface area contributed by atoms with Crippen molar-refractivity contribution in [2.75, 3.05) is 12.3 Å². The van der Waals surface area contributed by atoms with Crippen molar-refractivity contribution >= 4 is 22.0 Å². The van der Waals surface area contributed by atoms with Crippen LogP contribution < -0.4 is 10.5 Å². The van der Waals surface area contributed by atoms with E-state index in [2.05, 4.69) is 5.32 Å². The molecule has 0 saturated heterocycles. The molecule has 0 aliphatic rings. The highest BCUT2D eigenvalue weighted by Crippen LogP contribution is 2.04. The summed E-state index contributed by atoms with van der Waals surface area (Å²) in [6, 6.07) is 5.67. The first-order valence-corrected chi connectivity index (χ1v) is 7.30. The first-order chi connectivity index (χ1) is 8.87. The molecule has 19 heavy (non-hydrogen) atoms. The molecule has 0 fully saturated rings. The third-order valence-electron chi connectivity index (χ3n) is 2.20. The summed E-state index contributed by atoms with van der Waals surface area (Å²) < 4.78 is 33.9. The zero-order valence-corrected chi connectivity index (χ0v) is 11.0. The number of benzene rings is 1. The summed E-state index contributed by atoms with van der Waals surface area (Å²) in [6.07, 6.45) is 3.09. The summed E-state index contributed by atoms with van der Waals surface area (Å²) in [4.78, 5) is 11.4. The maximum Gasteiger partial charge on any atom is 0.243 e. The van der Waals surface area contributed by atoms with Crippen LogP contribution in [0.15, 0.2) is 30.3 Å². The van der Waals surface area contributed by atoms with Gasteiger partial charge in [-0.2, -0.15) is 0 Å². The molecule has 3 N–H and O–H groups in total. The van der Waals surface area contributed by atoms with Crippen molar-refractivity contribution in [1.82, 2.24) is 5.32 Å². The first-order valence-electron chi connectivity index (χ1n) is 5.59. The number of hydrogen-bond donors (Lipinski definition) is 2. The lowest BCUT2D eigenvalue weighted by molar-refractivity contribution is -0.116. The fourth-order valence-corrected chi connectivity index (χ4v) is 1.84. The third-order valence-corrected chi connectivity index (χ3v) is 3.06. The predicted molar refractivity (Wildman–Crippen MR) is 71.0 cm³/mol. The largest absolute Gasteiger partial charge is 0.353 e. The summed E-state index contributed by atoms with van der Waals surface area (Å²) in [5.41, 5.74) is 0.695. The van der Waals surface area contributed by atoms with Gasteiger partial charge in [-0.25, -0.2) is 17.9 Å². The van der Waals surface area contributed by atoms with Crippen LogP contribution in [0, 0.1) is 5.82 Å². The fraction of sp³-hybridized carbons (Fsp3) is 0.250. The molecule has 0 aliphatic heterocycles. The normalized spacial score (nSPS) is 11.7. The molecule has 0 unspecified atom stereocenters. The van der Waals surface area contributed by atoms with Crippen LogP contribution in [-0.2, 0) is 14.8 Å². The molecule has 1 aromatic rings. The topological polar surface area (TPSA) is 89.3 Å². The molecule has 0 atom stereocenters. The average molecular weight is 286 g/mol. The van der Waals surface area contributed by atoms with Crippen LogP contribution in [0.2, 0.25) is 0 Å². The molecular weight excluding hydrogens is 271 g/mol. The number of rotatable bonds is 6. The number of amides is 1. The minimum absolute atomic E-state index is 0.172. The Kier molecular flexibility index (Phi) is 5.65. The number of nitrogens with one attached hydrogen (secondary N) is 1. The number of primary sulfonamides is 1. The van der Waals surface area contributed by atoms with E-state index in [1.54, 1.807) is 12.1 Å². The van der Waals surface area contributed by atoms with E-state index in [0.717, 1.165) is 0 Å². The third kappa shape index (κ3) is 7.32. The monoisotopic (exact) mass is 286 g/mol. The minimum atomic E-state index is -3.49. The first kappa shape index (κ1) is 15.3. The molecule has 7 heteroatoms. The number of carbonyl (C=O) groups excluding carboxylic acids is 1. The van der Waals surface area contributed by atoms with Crippen molar-refractivity contribution < 1.29 is 17.6 Å². The fourth-order valence-electron chi connectivity index (χ4n) is 1.29. The molecule has 0 radical (unpaired) electrons.